The number of rotatable bonds is 5. The number of aromatic nitrogens is 4. The molecule has 2 aromatic rings. The van der Waals surface area contributed by atoms with E-state index in [9.17, 15) is 9.59 Å². The van der Waals surface area contributed by atoms with Gasteiger partial charge in [-0.2, -0.15) is 4.98 Å². The quantitative estimate of drug-likeness (QED) is 0.672. The first-order chi connectivity index (χ1) is 15.1. The fourth-order valence-electron chi connectivity index (χ4n) is 4.15. The number of anilines is 1. The second kappa shape index (κ2) is 8.84. The van der Waals surface area contributed by atoms with Crippen LogP contribution in [0, 0.1) is 11.8 Å². The molecule has 0 aromatic carbocycles. The van der Waals surface area contributed by atoms with Crippen molar-refractivity contribution in [3.05, 3.63) is 21.8 Å². The lowest BCUT2D eigenvalue weighted by Crippen LogP contribution is -2.42. The third-order valence-electron chi connectivity index (χ3n) is 6.14. The number of nitrogens with one attached hydrogen (secondary N) is 1. The van der Waals surface area contributed by atoms with Crippen LogP contribution in [0.3, 0.4) is 0 Å². The van der Waals surface area contributed by atoms with Gasteiger partial charge >= 0.3 is 6.09 Å². The van der Waals surface area contributed by atoms with Gasteiger partial charge in [0.05, 0.1) is 6.20 Å². The molecule has 9 nitrogen and oxygen atoms in total. The second-order valence-electron chi connectivity index (χ2n) is 9.85. The van der Waals surface area contributed by atoms with Gasteiger partial charge in [0.25, 0.3) is 5.56 Å². The van der Waals surface area contributed by atoms with Crippen LogP contribution in [0.1, 0.15) is 59.4 Å². The van der Waals surface area contributed by atoms with E-state index in [1.807, 2.05) is 27.7 Å². The van der Waals surface area contributed by atoms with Crippen LogP contribution in [-0.4, -0.2) is 55.7 Å². The number of carbonyl (C=O) groups excluding carboxylic acids is 1. The Morgan fingerprint density at radius 2 is 1.94 bits per heavy atom. The molecule has 174 valence electrons. The van der Waals surface area contributed by atoms with E-state index in [1.165, 1.54) is 0 Å². The number of amides is 1. The fraction of sp³-hybridized carbons (Fsp3) is 0.682. The predicted octanol–water partition coefficient (Wildman–Crippen LogP) is 3.87. The molecule has 10 heteroatoms. The Labute approximate surface area is 192 Å². The Kier molecular flexibility index (Phi) is 6.29. The zero-order valence-corrected chi connectivity index (χ0v) is 19.9. The highest BCUT2D eigenvalue weighted by Gasteiger charge is 2.32. The zero-order chi connectivity index (χ0) is 23.0. The molecule has 0 bridgehead atoms. The van der Waals surface area contributed by atoms with Crippen molar-refractivity contribution in [1.82, 2.24) is 24.4 Å². The Morgan fingerprint density at radius 1 is 1.25 bits per heavy atom. The molecule has 1 amide bonds. The maximum absolute atomic E-state index is 13.3. The van der Waals surface area contributed by atoms with Gasteiger partial charge in [0.1, 0.15) is 11.1 Å². The monoisotopic (exact) mass is 462 g/mol. The number of ether oxygens (including phenoxy) is 1. The van der Waals surface area contributed by atoms with Gasteiger partial charge in [-0.1, -0.05) is 0 Å². The third-order valence-corrected chi connectivity index (χ3v) is 6.32. The van der Waals surface area contributed by atoms with Gasteiger partial charge in [-0.15, -0.1) is 0 Å². The first kappa shape index (κ1) is 22.8. The molecule has 1 aliphatic carbocycles. The van der Waals surface area contributed by atoms with Gasteiger partial charge in [0.15, 0.2) is 11.5 Å². The minimum absolute atomic E-state index is 0.0246. The molecule has 1 saturated carbocycles. The van der Waals surface area contributed by atoms with Crippen LogP contribution >= 0.6 is 11.6 Å². The number of piperidine rings is 1. The number of hydrogen-bond acceptors (Lipinski definition) is 7. The maximum atomic E-state index is 13.3. The van der Waals surface area contributed by atoms with Crippen molar-refractivity contribution in [1.29, 1.82) is 0 Å². The molecule has 1 saturated heterocycles. The number of likely N-dealkylation sites (tertiary alicyclic amines) is 1. The summed E-state index contributed by atoms with van der Waals surface area (Å²) < 4.78 is 7.17. The topological polar surface area (TPSA) is 102 Å². The molecular formula is C22H31ClN6O3. The largest absolute Gasteiger partial charge is 0.444 e. The summed E-state index contributed by atoms with van der Waals surface area (Å²) in [6.07, 6.45) is 5.18. The Morgan fingerprint density at radius 3 is 2.56 bits per heavy atom. The number of fused-ring (bicyclic) bond motifs is 1. The number of carbonyl (C=O) groups is 1. The number of nitrogens with zero attached hydrogens (tertiary/aromatic N) is 5. The molecule has 2 aliphatic rings. The van der Waals surface area contributed by atoms with E-state index in [0.29, 0.717) is 48.5 Å². The van der Waals surface area contributed by atoms with Crippen molar-refractivity contribution in [2.45, 2.75) is 65.0 Å². The summed E-state index contributed by atoms with van der Waals surface area (Å²) in [6, 6.07) is 0.0246. The SMILES string of the molecule is CC(C1CC1)n1c(=O)c(NCC2CCN(C(=O)OC(C)(C)C)CC2)nc2cnc(Cl)nc21. The van der Waals surface area contributed by atoms with Crippen LogP contribution in [0.15, 0.2) is 11.0 Å². The Hall–Kier alpha value is -2.42. The second-order valence-corrected chi connectivity index (χ2v) is 10.2. The summed E-state index contributed by atoms with van der Waals surface area (Å²) >= 11 is 6.00. The molecule has 32 heavy (non-hydrogen) atoms. The van der Waals surface area contributed by atoms with E-state index in [0.717, 1.165) is 25.7 Å². The summed E-state index contributed by atoms with van der Waals surface area (Å²) in [5, 5.41) is 3.36. The standard InChI is InChI=1S/C22H31ClN6O3/c1-13(15-5-6-15)29-18-16(12-25-20(23)27-18)26-17(19(29)30)24-11-14-7-9-28(10-8-14)21(31)32-22(2,3)4/h12-15H,5-11H2,1-4H3,(H,24,26). The summed E-state index contributed by atoms with van der Waals surface area (Å²) in [4.78, 5) is 40.1. The number of halogens is 1. The number of hydrogen-bond donors (Lipinski definition) is 1. The molecular weight excluding hydrogens is 432 g/mol. The molecule has 1 atom stereocenters. The van der Waals surface area contributed by atoms with Gasteiger partial charge in [-0.3, -0.25) is 9.36 Å². The Balaban J connectivity index is 1.45. The average molecular weight is 463 g/mol. The van der Waals surface area contributed by atoms with Gasteiger partial charge in [0, 0.05) is 25.7 Å². The molecule has 0 radical (unpaired) electrons. The van der Waals surface area contributed by atoms with Crippen molar-refractivity contribution in [2.24, 2.45) is 11.8 Å². The van der Waals surface area contributed by atoms with Crippen LogP contribution in [0.4, 0.5) is 10.6 Å². The fourth-order valence-corrected chi connectivity index (χ4v) is 4.28. The lowest BCUT2D eigenvalue weighted by molar-refractivity contribution is 0.0188. The van der Waals surface area contributed by atoms with Crippen LogP contribution in [-0.2, 0) is 4.74 Å². The Bertz CT molecular complexity index is 1050. The van der Waals surface area contributed by atoms with Crippen LogP contribution in [0.5, 0.6) is 0 Å². The smallest absolute Gasteiger partial charge is 0.410 e. The highest BCUT2D eigenvalue weighted by atomic mass is 35.5. The van der Waals surface area contributed by atoms with E-state index < -0.39 is 5.60 Å². The molecule has 4 rings (SSSR count). The molecule has 2 fully saturated rings. The van der Waals surface area contributed by atoms with E-state index in [2.05, 4.69) is 20.3 Å². The predicted molar refractivity (Wildman–Crippen MR) is 123 cm³/mol. The lowest BCUT2D eigenvalue weighted by atomic mass is 9.97. The highest BCUT2D eigenvalue weighted by Crippen LogP contribution is 2.39. The molecule has 2 aromatic heterocycles. The van der Waals surface area contributed by atoms with Gasteiger partial charge in [0.2, 0.25) is 5.28 Å². The first-order valence-electron chi connectivity index (χ1n) is 11.3. The minimum atomic E-state index is -0.497. The van der Waals surface area contributed by atoms with Gasteiger partial charge in [-0.05, 0) is 76.8 Å². The van der Waals surface area contributed by atoms with E-state index >= 15 is 0 Å². The maximum Gasteiger partial charge on any atom is 0.410 e. The van der Waals surface area contributed by atoms with Crippen molar-refractivity contribution < 1.29 is 9.53 Å². The van der Waals surface area contributed by atoms with Gasteiger partial charge < -0.3 is 15.0 Å². The van der Waals surface area contributed by atoms with E-state index in [1.54, 1.807) is 15.7 Å². The van der Waals surface area contributed by atoms with Crippen molar-refractivity contribution >= 4 is 34.7 Å². The normalized spacial score (nSPS) is 18.6. The van der Waals surface area contributed by atoms with Crippen molar-refractivity contribution in [3.8, 4) is 0 Å². The summed E-state index contributed by atoms with van der Waals surface area (Å²) in [7, 11) is 0. The molecule has 1 aliphatic heterocycles. The molecule has 1 unspecified atom stereocenters. The average Bonchev–Trinajstić information content (AvgIpc) is 3.56. The molecule has 0 spiro atoms. The van der Waals surface area contributed by atoms with Crippen LogP contribution in [0.2, 0.25) is 5.28 Å². The minimum Gasteiger partial charge on any atom is -0.444 e. The first-order valence-corrected chi connectivity index (χ1v) is 11.7. The highest BCUT2D eigenvalue weighted by molar-refractivity contribution is 6.28. The van der Waals surface area contributed by atoms with E-state index in [-0.39, 0.29) is 23.0 Å². The summed E-state index contributed by atoms with van der Waals surface area (Å²) in [5.74, 6) is 1.11. The van der Waals surface area contributed by atoms with Crippen molar-refractivity contribution in [3.63, 3.8) is 0 Å². The van der Waals surface area contributed by atoms with Crippen LogP contribution < -0.4 is 10.9 Å². The van der Waals surface area contributed by atoms with Crippen molar-refractivity contribution in [2.75, 3.05) is 25.0 Å². The lowest BCUT2D eigenvalue weighted by Gasteiger charge is -2.33. The zero-order valence-electron chi connectivity index (χ0n) is 19.1. The van der Waals surface area contributed by atoms with Crippen LogP contribution in [0.25, 0.3) is 11.2 Å². The molecule has 3 heterocycles. The molecule has 1 N–H and O–H groups in total. The third kappa shape index (κ3) is 5.14. The van der Waals surface area contributed by atoms with E-state index in [4.69, 9.17) is 16.3 Å². The summed E-state index contributed by atoms with van der Waals surface area (Å²) in [6.45, 7) is 9.55. The van der Waals surface area contributed by atoms with Gasteiger partial charge in [-0.25, -0.2) is 14.8 Å². The summed E-state index contributed by atoms with van der Waals surface area (Å²) in [5.41, 5.74) is 0.343.